The smallest absolute Gasteiger partial charge is 0.397 e. The molecule has 0 amide bonds. The van der Waals surface area contributed by atoms with Gasteiger partial charge in [-0.3, -0.25) is 4.55 Å². The van der Waals surface area contributed by atoms with E-state index in [1.165, 1.54) is 0 Å². The summed E-state index contributed by atoms with van der Waals surface area (Å²) in [5.74, 6) is -1.34. The zero-order valence-electron chi connectivity index (χ0n) is 17.9. The minimum Gasteiger partial charge on any atom is -0.506 e. The van der Waals surface area contributed by atoms with Crippen molar-refractivity contribution in [3.8, 4) is 11.5 Å². The van der Waals surface area contributed by atoms with Crippen LogP contribution in [0.25, 0.3) is 10.8 Å². The van der Waals surface area contributed by atoms with Crippen molar-refractivity contribution in [2.45, 2.75) is 18.7 Å². The predicted molar refractivity (Wildman–Crippen MR) is 121 cm³/mol. The number of nitrogens with zero attached hydrogens (tertiary/aromatic N) is 2. The van der Waals surface area contributed by atoms with Gasteiger partial charge in [0.05, 0.1) is 17.3 Å². The maximum Gasteiger partial charge on any atom is 0.397 e. The molecule has 0 fully saturated rings. The monoisotopic (exact) mass is 558 g/mol. The van der Waals surface area contributed by atoms with E-state index in [0.717, 1.165) is 23.8 Å². The minimum absolute atomic E-state index is 0. The SMILES string of the molecule is Cc1cc(N)c2c(O)c(N=Nc3cc(S(=O)(=O)CCOS(=O)(=O)O)ccc3O)c(C)cc2c1.[Cu]. The molecular weight excluding hydrogens is 538 g/mol. The summed E-state index contributed by atoms with van der Waals surface area (Å²) in [5, 5.41) is 29.8. The third-order valence-corrected chi connectivity index (χ3v) is 6.84. The van der Waals surface area contributed by atoms with Crippen LogP contribution in [-0.2, 0) is 41.5 Å². The van der Waals surface area contributed by atoms with E-state index >= 15 is 0 Å². The van der Waals surface area contributed by atoms with E-state index in [1.54, 1.807) is 19.1 Å². The Morgan fingerprint density at radius 3 is 2.32 bits per heavy atom. The van der Waals surface area contributed by atoms with Gasteiger partial charge in [-0.2, -0.15) is 8.42 Å². The fourth-order valence-electron chi connectivity index (χ4n) is 3.21. The Hall–Kier alpha value is -2.74. The molecule has 3 aromatic carbocycles. The van der Waals surface area contributed by atoms with Crippen LogP contribution in [0.3, 0.4) is 0 Å². The fourth-order valence-corrected chi connectivity index (χ4v) is 4.72. The van der Waals surface area contributed by atoms with E-state index in [-0.39, 0.29) is 44.8 Å². The second kappa shape index (κ2) is 10.3. The molecular formula is C20H21CuN3O8S2. The molecule has 0 spiro atoms. The molecule has 0 saturated heterocycles. The van der Waals surface area contributed by atoms with Crippen LogP contribution in [0.5, 0.6) is 11.5 Å². The van der Waals surface area contributed by atoms with Gasteiger partial charge in [0.1, 0.15) is 17.1 Å². The van der Waals surface area contributed by atoms with Crippen molar-refractivity contribution in [2.75, 3.05) is 18.1 Å². The van der Waals surface area contributed by atoms with E-state index in [1.807, 2.05) is 13.0 Å². The van der Waals surface area contributed by atoms with Gasteiger partial charge in [-0.15, -0.1) is 10.2 Å². The van der Waals surface area contributed by atoms with Crippen LogP contribution < -0.4 is 5.73 Å². The Bertz CT molecular complexity index is 1490. The summed E-state index contributed by atoms with van der Waals surface area (Å²) in [6.07, 6.45) is 0. The van der Waals surface area contributed by atoms with Crippen LogP contribution in [0.15, 0.2) is 51.5 Å². The Morgan fingerprint density at radius 1 is 1.00 bits per heavy atom. The number of nitrogen functional groups attached to an aromatic ring is 1. The number of hydrogen-bond donors (Lipinski definition) is 4. The molecule has 0 aliphatic carbocycles. The number of rotatable bonds is 7. The number of aromatic hydroxyl groups is 2. The van der Waals surface area contributed by atoms with Crippen molar-refractivity contribution in [2.24, 2.45) is 10.2 Å². The number of benzene rings is 3. The van der Waals surface area contributed by atoms with Crippen LogP contribution in [0.1, 0.15) is 11.1 Å². The molecule has 3 aromatic rings. The van der Waals surface area contributed by atoms with Crippen molar-refractivity contribution >= 4 is 48.1 Å². The average Bonchev–Trinajstić information content (AvgIpc) is 2.66. The summed E-state index contributed by atoms with van der Waals surface area (Å²) in [4.78, 5) is -0.285. The number of phenols is 2. The number of anilines is 1. The Kier molecular flexibility index (Phi) is 8.30. The molecule has 0 aliphatic rings. The number of phenolic OH excluding ortho intramolecular Hbond substituents is 2. The summed E-state index contributed by atoms with van der Waals surface area (Å²) >= 11 is 0. The van der Waals surface area contributed by atoms with Crippen molar-refractivity contribution in [1.29, 1.82) is 0 Å². The average molecular weight is 559 g/mol. The molecule has 0 aromatic heterocycles. The fraction of sp³-hybridized carbons (Fsp3) is 0.200. The topological polar surface area (TPSA) is 189 Å². The van der Waals surface area contributed by atoms with E-state index in [0.29, 0.717) is 22.0 Å². The van der Waals surface area contributed by atoms with Crippen molar-refractivity contribution in [3.05, 3.63) is 47.5 Å². The van der Waals surface area contributed by atoms with Gasteiger partial charge in [0.2, 0.25) is 0 Å². The molecule has 0 saturated carbocycles. The molecule has 5 N–H and O–H groups in total. The maximum atomic E-state index is 12.4. The van der Waals surface area contributed by atoms with Gasteiger partial charge in [-0.1, -0.05) is 6.07 Å². The maximum absolute atomic E-state index is 12.4. The van der Waals surface area contributed by atoms with E-state index < -0.39 is 32.6 Å². The largest absolute Gasteiger partial charge is 0.506 e. The summed E-state index contributed by atoms with van der Waals surface area (Å²) in [6, 6.07) is 8.53. The van der Waals surface area contributed by atoms with Gasteiger partial charge in [-0.05, 0) is 60.7 Å². The zero-order chi connectivity index (χ0) is 24.6. The molecule has 0 unspecified atom stereocenters. The first kappa shape index (κ1) is 27.5. The molecule has 0 atom stereocenters. The molecule has 34 heavy (non-hydrogen) atoms. The first-order valence-corrected chi connectivity index (χ1v) is 12.4. The van der Waals surface area contributed by atoms with Crippen LogP contribution in [0.4, 0.5) is 17.1 Å². The third kappa shape index (κ3) is 6.23. The Balaban J connectivity index is 0.00000408. The minimum atomic E-state index is -4.78. The Morgan fingerprint density at radius 2 is 1.68 bits per heavy atom. The standard InChI is InChI=1S/C20H21N3O8S2.Cu/c1-11-7-13-9-12(2)19(20(25)18(13)15(21)8-11)23-22-16-10-14(3-4-17(16)24)32(26,27)6-5-31-33(28,29)30;/h3-4,7-10,24-25H,5-6,21H2,1-2H3,(H,28,29,30);. The van der Waals surface area contributed by atoms with Gasteiger partial charge < -0.3 is 15.9 Å². The summed E-state index contributed by atoms with van der Waals surface area (Å²) in [5.41, 5.74) is 7.76. The van der Waals surface area contributed by atoms with Crippen molar-refractivity contribution < 1.29 is 52.9 Å². The summed E-state index contributed by atoms with van der Waals surface area (Å²) in [6.45, 7) is 2.76. The van der Waals surface area contributed by atoms with E-state index in [4.69, 9.17) is 10.3 Å². The van der Waals surface area contributed by atoms with Crippen molar-refractivity contribution in [3.63, 3.8) is 0 Å². The molecule has 14 heteroatoms. The van der Waals surface area contributed by atoms with E-state index in [9.17, 15) is 27.0 Å². The molecule has 0 heterocycles. The number of fused-ring (bicyclic) bond motifs is 1. The second-order valence-corrected chi connectivity index (χ2v) is 10.5. The van der Waals surface area contributed by atoms with Crippen LogP contribution >= 0.6 is 0 Å². The third-order valence-electron chi connectivity index (χ3n) is 4.70. The molecule has 187 valence electrons. The first-order chi connectivity index (χ1) is 15.3. The van der Waals surface area contributed by atoms with Crippen LogP contribution in [0.2, 0.25) is 0 Å². The predicted octanol–water partition coefficient (Wildman–Crippen LogP) is 3.46. The molecule has 11 nitrogen and oxygen atoms in total. The molecule has 0 bridgehead atoms. The quantitative estimate of drug-likeness (QED) is 0.145. The first-order valence-electron chi connectivity index (χ1n) is 9.40. The van der Waals surface area contributed by atoms with Crippen molar-refractivity contribution in [1.82, 2.24) is 0 Å². The Labute approximate surface area is 206 Å². The molecule has 0 aliphatic heterocycles. The molecule has 1 radical (unpaired) electrons. The number of azo groups is 1. The number of hydrogen-bond acceptors (Lipinski definition) is 10. The molecule has 3 rings (SSSR count). The summed E-state index contributed by atoms with van der Waals surface area (Å²) in [7, 11) is -8.82. The normalized spacial score (nSPS) is 12.2. The van der Waals surface area contributed by atoms with Gasteiger partial charge >= 0.3 is 10.4 Å². The number of aryl methyl sites for hydroxylation is 2. The van der Waals surface area contributed by atoms with E-state index in [2.05, 4.69) is 14.4 Å². The summed E-state index contributed by atoms with van der Waals surface area (Å²) < 4.78 is 58.6. The van der Waals surface area contributed by atoms with Gasteiger partial charge in [0, 0.05) is 28.1 Å². The van der Waals surface area contributed by atoms with Gasteiger partial charge in [-0.25, -0.2) is 12.6 Å². The number of sulfone groups is 1. The number of nitrogens with two attached hydrogens (primary N) is 1. The zero-order valence-corrected chi connectivity index (χ0v) is 20.4. The van der Waals surface area contributed by atoms with Crippen LogP contribution in [0, 0.1) is 13.8 Å². The van der Waals surface area contributed by atoms with Crippen LogP contribution in [-0.4, -0.2) is 44.0 Å². The van der Waals surface area contributed by atoms with Gasteiger partial charge in [0.15, 0.2) is 15.6 Å². The van der Waals surface area contributed by atoms with Gasteiger partial charge in [0.25, 0.3) is 0 Å². The second-order valence-electron chi connectivity index (χ2n) is 7.26.